The number of methoxy groups -OCH3 is 1. The van der Waals surface area contributed by atoms with Crippen molar-refractivity contribution in [3.05, 3.63) is 58.4 Å². The van der Waals surface area contributed by atoms with E-state index in [0.29, 0.717) is 0 Å². The van der Waals surface area contributed by atoms with Gasteiger partial charge in [-0.05, 0) is 24.3 Å². The molecule has 0 atom stereocenters. The molecule has 2 aromatic rings. The summed E-state index contributed by atoms with van der Waals surface area (Å²) >= 11 is 5.79. The minimum absolute atomic E-state index is 0.0523. The fourth-order valence-corrected chi connectivity index (χ4v) is 2.00. The molecule has 1 aromatic heterocycles. The Morgan fingerprint density at radius 1 is 1.24 bits per heavy atom. The minimum Gasteiger partial charge on any atom is -0.496 e. The molecule has 2 rings (SSSR count). The molecule has 0 unspecified atom stereocenters. The van der Waals surface area contributed by atoms with E-state index in [9.17, 15) is 18.0 Å². The lowest BCUT2D eigenvalue weighted by Gasteiger charge is -2.13. The number of nitrogens with zero attached hydrogens (tertiary/aromatic N) is 1. The van der Waals surface area contributed by atoms with Crippen molar-refractivity contribution < 1.29 is 22.7 Å². The van der Waals surface area contributed by atoms with Crippen molar-refractivity contribution in [2.45, 2.75) is 6.18 Å². The second kappa shape index (κ2) is 5.73. The van der Waals surface area contributed by atoms with Crippen molar-refractivity contribution in [1.82, 2.24) is 4.98 Å². The van der Waals surface area contributed by atoms with Crippen molar-refractivity contribution in [2.75, 3.05) is 7.11 Å². The van der Waals surface area contributed by atoms with Crippen LogP contribution in [0.25, 0.3) is 0 Å². The lowest BCUT2D eigenvalue weighted by Crippen LogP contribution is -2.14. The van der Waals surface area contributed by atoms with Crippen LogP contribution in [0.15, 0.2) is 36.7 Å². The fourth-order valence-electron chi connectivity index (χ4n) is 1.83. The van der Waals surface area contributed by atoms with E-state index < -0.39 is 23.1 Å². The number of ketones is 1. The lowest BCUT2D eigenvalue weighted by molar-refractivity contribution is -0.137. The Labute approximate surface area is 123 Å². The van der Waals surface area contributed by atoms with Gasteiger partial charge in [-0.25, -0.2) is 0 Å². The Morgan fingerprint density at radius 3 is 2.57 bits per heavy atom. The molecule has 0 saturated heterocycles. The molecule has 1 aromatic carbocycles. The monoisotopic (exact) mass is 315 g/mol. The Kier molecular flexibility index (Phi) is 4.18. The highest BCUT2D eigenvalue weighted by Gasteiger charge is 2.35. The smallest absolute Gasteiger partial charge is 0.417 e. The normalized spacial score (nSPS) is 11.3. The van der Waals surface area contributed by atoms with Gasteiger partial charge in [0.2, 0.25) is 0 Å². The summed E-state index contributed by atoms with van der Waals surface area (Å²) in [6.07, 6.45) is -2.79. The quantitative estimate of drug-likeness (QED) is 0.804. The molecule has 0 fully saturated rings. The average molecular weight is 316 g/mol. The number of hydrogen-bond donors (Lipinski definition) is 0. The molecule has 0 aliphatic rings. The summed E-state index contributed by atoms with van der Waals surface area (Å²) < 4.78 is 43.8. The van der Waals surface area contributed by atoms with E-state index in [2.05, 4.69) is 4.98 Å². The Balaban J connectivity index is 2.59. The van der Waals surface area contributed by atoms with Crippen LogP contribution in [0.2, 0.25) is 5.02 Å². The van der Waals surface area contributed by atoms with Gasteiger partial charge in [-0.3, -0.25) is 9.78 Å². The maximum atomic E-state index is 12.9. The van der Waals surface area contributed by atoms with E-state index in [-0.39, 0.29) is 16.3 Å². The van der Waals surface area contributed by atoms with Gasteiger partial charge in [0.1, 0.15) is 5.75 Å². The number of rotatable bonds is 3. The van der Waals surface area contributed by atoms with Gasteiger partial charge in [0, 0.05) is 17.4 Å². The van der Waals surface area contributed by atoms with Crippen LogP contribution in [-0.4, -0.2) is 17.9 Å². The molecule has 0 aliphatic heterocycles. The number of pyridine rings is 1. The molecule has 3 nitrogen and oxygen atoms in total. The number of hydrogen-bond acceptors (Lipinski definition) is 3. The summed E-state index contributed by atoms with van der Waals surface area (Å²) in [4.78, 5) is 16.0. The van der Waals surface area contributed by atoms with Crippen LogP contribution < -0.4 is 4.74 Å². The van der Waals surface area contributed by atoms with Gasteiger partial charge in [0.05, 0.1) is 23.8 Å². The first-order chi connectivity index (χ1) is 9.84. The van der Waals surface area contributed by atoms with Crippen molar-refractivity contribution in [3.8, 4) is 5.75 Å². The van der Waals surface area contributed by atoms with Crippen LogP contribution in [0.3, 0.4) is 0 Å². The molecule has 0 saturated carbocycles. The number of carbonyl (C=O) groups is 1. The van der Waals surface area contributed by atoms with Crippen LogP contribution in [-0.2, 0) is 6.18 Å². The van der Waals surface area contributed by atoms with E-state index in [1.165, 1.54) is 25.3 Å². The molecule has 7 heteroatoms. The van der Waals surface area contributed by atoms with Gasteiger partial charge in [-0.15, -0.1) is 0 Å². The number of halogens is 4. The predicted octanol–water partition coefficient (Wildman–Crippen LogP) is 3.99. The number of alkyl halides is 3. The lowest BCUT2D eigenvalue weighted by atomic mass is 9.99. The number of aromatic nitrogens is 1. The number of benzene rings is 1. The first kappa shape index (κ1) is 15.3. The van der Waals surface area contributed by atoms with Crippen molar-refractivity contribution in [2.24, 2.45) is 0 Å². The first-order valence-corrected chi connectivity index (χ1v) is 6.12. The number of carbonyl (C=O) groups excluding carboxylic acids is 1. The average Bonchev–Trinajstić information content (AvgIpc) is 2.45. The van der Waals surface area contributed by atoms with E-state index in [1.807, 2.05) is 0 Å². The molecule has 0 N–H and O–H groups in total. The van der Waals surface area contributed by atoms with Crippen LogP contribution in [0, 0.1) is 0 Å². The SMILES string of the molecule is COc1ccc(Cl)cc1C(=O)c1cnccc1C(F)(F)F. The fraction of sp³-hybridized carbons (Fsp3) is 0.143. The van der Waals surface area contributed by atoms with Crippen molar-refractivity contribution >= 4 is 17.4 Å². The third kappa shape index (κ3) is 3.16. The van der Waals surface area contributed by atoms with Crippen LogP contribution >= 0.6 is 11.6 Å². The molecule has 1 heterocycles. The molecule has 0 aliphatic carbocycles. The van der Waals surface area contributed by atoms with Gasteiger partial charge < -0.3 is 4.74 Å². The van der Waals surface area contributed by atoms with Crippen LogP contribution in [0.1, 0.15) is 21.5 Å². The summed E-state index contributed by atoms with van der Waals surface area (Å²) in [5, 5.41) is 0.219. The third-order valence-corrected chi connectivity index (χ3v) is 3.01. The molecule has 21 heavy (non-hydrogen) atoms. The summed E-state index contributed by atoms with van der Waals surface area (Å²) in [6.45, 7) is 0. The molecule has 0 radical (unpaired) electrons. The van der Waals surface area contributed by atoms with Crippen LogP contribution in [0.4, 0.5) is 13.2 Å². The molecule has 0 bridgehead atoms. The van der Waals surface area contributed by atoms with E-state index in [4.69, 9.17) is 16.3 Å². The predicted molar refractivity (Wildman–Crippen MR) is 70.7 cm³/mol. The van der Waals surface area contributed by atoms with Gasteiger partial charge in [0.25, 0.3) is 0 Å². The molecule has 0 amide bonds. The third-order valence-electron chi connectivity index (χ3n) is 2.78. The molecular weight excluding hydrogens is 307 g/mol. The first-order valence-electron chi connectivity index (χ1n) is 5.74. The zero-order valence-electron chi connectivity index (χ0n) is 10.7. The maximum Gasteiger partial charge on any atom is 0.417 e. The van der Waals surface area contributed by atoms with Crippen molar-refractivity contribution in [1.29, 1.82) is 0 Å². The second-order valence-electron chi connectivity index (χ2n) is 4.09. The number of ether oxygens (including phenoxy) is 1. The van der Waals surface area contributed by atoms with E-state index in [0.717, 1.165) is 18.5 Å². The zero-order valence-corrected chi connectivity index (χ0v) is 11.5. The maximum absolute atomic E-state index is 12.9. The Hall–Kier alpha value is -2.08. The highest BCUT2D eigenvalue weighted by molar-refractivity contribution is 6.31. The summed E-state index contributed by atoms with van der Waals surface area (Å²) in [6, 6.07) is 4.91. The van der Waals surface area contributed by atoms with Gasteiger partial charge in [-0.1, -0.05) is 11.6 Å². The summed E-state index contributed by atoms with van der Waals surface area (Å²) in [7, 11) is 1.31. The highest BCUT2D eigenvalue weighted by atomic mass is 35.5. The molecular formula is C14H9ClF3NO2. The Bertz CT molecular complexity index is 686. The molecule has 0 spiro atoms. The van der Waals surface area contributed by atoms with Crippen LogP contribution in [0.5, 0.6) is 5.75 Å². The van der Waals surface area contributed by atoms with Gasteiger partial charge in [0.15, 0.2) is 5.78 Å². The summed E-state index contributed by atoms with van der Waals surface area (Å²) in [5.74, 6) is -0.712. The van der Waals surface area contributed by atoms with E-state index in [1.54, 1.807) is 0 Å². The topological polar surface area (TPSA) is 39.2 Å². The van der Waals surface area contributed by atoms with Gasteiger partial charge >= 0.3 is 6.18 Å². The Morgan fingerprint density at radius 2 is 1.95 bits per heavy atom. The molecule has 110 valence electrons. The van der Waals surface area contributed by atoms with E-state index >= 15 is 0 Å². The summed E-state index contributed by atoms with van der Waals surface area (Å²) in [5.41, 5.74) is -1.65. The zero-order chi connectivity index (χ0) is 15.6. The minimum atomic E-state index is -4.65. The second-order valence-corrected chi connectivity index (χ2v) is 4.53. The van der Waals surface area contributed by atoms with Crippen molar-refractivity contribution in [3.63, 3.8) is 0 Å². The largest absolute Gasteiger partial charge is 0.496 e. The standard InChI is InChI=1S/C14H9ClF3NO2/c1-21-12-3-2-8(15)6-9(12)13(20)10-7-19-5-4-11(10)14(16,17)18/h2-7H,1H3. The van der Waals surface area contributed by atoms with Gasteiger partial charge in [-0.2, -0.15) is 13.2 Å². The highest BCUT2D eigenvalue weighted by Crippen LogP contribution is 2.34.